The Morgan fingerprint density at radius 3 is 2.69 bits per heavy atom. The van der Waals surface area contributed by atoms with E-state index in [-0.39, 0.29) is 29.8 Å². The van der Waals surface area contributed by atoms with Crippen molar-refractivity contribution in [1.82, 2.24) is 24.2 Å². The van der Waals surface area contributed by atoms with Crippen molar-refractivity contribution in [3.8, 4) is 0 Å². The molecule has 2 aromatic heterocycles. The Bertz CT molecular complexity index is 1110. The smallest absolute Gasteiger partial charge is 0.362 e. The van der Waals surface area contributed by atoms with Crippen LogP contribution in [0.2, 0.25) is 0 Å². The lowest BCUT2D eigenvalue weighted by atomic mass is 10.1. The highest BCUT2D eigenvalue weighted by Gasteiger charge is 2.45. The fourth-order valence-electron chi connectivity index (χ4n) is 2.97. The fourth-order valence-corrected chi connectivity index (χ4v) is 3.74. The lowest BCUT2D eigenvalue weighted by molar-refractivity contribution is -0.121. The second-order valence-electron chi connectivity index (χ2n) is 6.95. The number of primary amides is 1. The molecule has 3 rings (SSSR count). The van der Waals surface area contributed by atoms with E-state index in [1.807, 2.05) is 0 Å². The van der Waals surface area contributed by atoms with E-state index in [0.29, 0.717) is 0 Å². The number of nitrogens with one attached hydrogen (secondary N) is 1. The van der Waals surface area contributed by atoms with E-state index in [1.54, 1.807) is 4.72 Å². The van der Waals surface area contributed by atoms with Crippen LogP contribution in [0.1, 0.15) is 19.1 Å². The van der Waals surface area contributed by atoms with E-state index in [2.05, 4.69) is 19.1 Å². The number of carbonyl (C=O) groups excluding carboxylic acids is 2. The number of imidazole rings is 1. The number of nitrogens with two attached hydrogens (primary N) is 3. The van der Waals surface area contributed by atoms with Crippen LogP contribution in [-0.4, -0.2) is 80.9 Å². The molecule has 1 aliphatic heterocycles. The third kappa shape index (κ3) is 5.09. The first-order valence-electron chi connectivity index (χ1n) is 9.19. The molecule has 1 saturated heterocycles. The number of carbonyl (C=O) groups is 2. The molecule has 5 atom stereocenters. The number of amides is 2. The van der Waals surface area contributed by atoms with Crippen molar-refractivity contribution in [1.29, 1.82) is 0 Å². The Morgan fingerprint density at radius 1 is 1.28 bits per heavy atom. The number of hydrogen-bond donors (Lipinski definition) is 6. The fraction of sp³-hybridized carbons (Fsp3) is 0.533. The van der Waals surface area contributed by atoms with Gasteiger partial charge in [0.1, 0.15) is 30.2 Å². The van der Waals surface area contributed by atoms with Crippen LogP contribution in [-0.2, 0) is 28.8 Å². The topological polar surface area (TPSA) is 261 Å². The summed E-state index contributed by atoms with van der Waals surface area (Å²) in [5.41, 5.74) is 16.6. The number of aliphatic hydroxyl groups is 2. The summed E-state index contributed by atoms with van der Waals surface area (Å²) < 4.78 is 37.1. The first kappa shape index (κ1) is 23.7. The van der Waals surface area contributed by atoms with Crippen molar-refractivity contribution in [3.63, 3.8) is 0 Å². The van der Waals surface area contributed by atoms with Gasteiger partial charge in [0.2, 0.25) is 5.91 Å². The predicted octanol–water partition coefficient (Wildman–Crippen LogP) is -4.00. The minimum absolute atomic E-state index is 0.0949. The minimum atomic E-state index is -4.63. The molecule has 0 bridgehead atoms. The summed E-state index contributed by atoms with van der Waals surface area (Å²) in [5, 5.41) is 20.6. The maximum absolute atomic E-state index is 12.0. The molecule has 1 fully saturated rings. The highest BCUT2D eigenvalue weighted by Crippen LogP contribution is 2.32. The molecular weight excluding hydrogens is 452 g/mol. The van der Waals surface area contributed by atoms with Crippen LogP contribution >= 0.6 is 0 Å². The molecular formula is C15H22N8O8S. The molecule has 3 heterocycles. The Hall–Kier alpha value is -2.96. The number of aliphatic hydroxyl groups excluding tert-OH is 2. The van der Waals surface area contributed by atoms with Crippen LogP contribution in [0.15, 0.2) is 12.7 Å². The standard InChI is InChI=1S/C15H22N8O8S/c16-6(1-2-8(17)24)14(27)22-32(28,29)30-3-7-10(25)11(26)15(31-7)23-5-21-9-12(18)19-4-20-13(9)23/h4-7,10-11,15,25-26H,1-3,16H2,(H2,17,24)(H,22,27)(H2,18,19,20)/t6?,7-,10-,11-,15-/m1/s1. The number of aromatic nitrogens is 4. The van der Waals surface area contributed by atoms with Crippen molar-refractivity contribution in [3.05, 3.63) is 12.7 Å². The van der Waals surface area contributed by atoms with Gasteiger partial charge in [0, 0.05) is 6.42 Å². The molecule has 176 valence electrons. The monoisotopic (exact) mass is 474 g/mol. The zero-order valence-corrected chi connectivity index (χ0v) is 17.3. The van der Waals surface area contributed by atoms with Gasteiger partial charge in [0.05, 0.1) is 19.0 Å². The van der Waals surface area contributed by atoms with E-state index in [4.69, 9.17) is 21.9 Å². The predicted molar refractivity (Wildman–Crippen MR) is 105 cm³/mol. The maximum atomic E-state index is 12.0. The van der Waals surface area contributed by atoms with Gasteiger partial charge in [0.15, 0.2) is 17.7 Å². The highest BCUT2D eigenvalue weighted by molar-refractivity contribution is 7.85. The Balaban J connectivity index is 1.62. The van der Waals surface area contributed by atoms with Crippen LogP contribution in [0, 0.1) is 0 Å². The summed E-state index contributed by atoms with van der Waals surface area (Å²) in [5.74, 6) is -1.72. The van der Waals surface area contributed by atoms with E-state index in [1.165, 1.54) is 17.2 Å². The SMILES string of the molecule is NC(=O)CCC(N)C(=O)NS(=O)(=O)OC[C@H]1O[C@@H](n2cnc3c(N)ncnc32)[C@H](O)[C@@H]1O. The number of ether oxygens (including phenoxy) is 1. The summed E-state index contributed by atoms with van der Waals surface area (Å²) in [4.78, 5) is 34.4. The average Bonchev–Trinajstić information content (AvgIpc) is 3.27. The molecule has 17 heteroatoms. The molecule has 0 spiro atoms. The van der Waals surface area contributed by atoms with E-state index < -0.39 is 59.3 Å². The van der Waals surface area contributed by atoms with Gasteiger partial charge < -0.3 is 32.2 Å². The Kier molecular flexibility index (Phi) is 6.86. The summed E-state index contributed by atoms with van der Waals surface area (Å²) in [6.45, 7) is -0.738. The molecule has 2 amide bonds. The van der Waals surface area contributed by atoms with Crippen LogP contribution in [0.4, 0.5) is 5.82 Å². The lowest BCUT2D eigenvalue weighted by Crippen LogP contribution is -2.45. The molecule has 9 N–H and O–H groups in total. The third-order valence-corrected chi connectivity index (χ3v) is 5.55. The molecule has 1 unspecified atom stereocenters. The van der Waals surface area contributed by atoms with Crippen molar-refractivity contribution in [2.45, 2.75) is 43.4 Å². The van der Waals surface area contributed by atoms with Gasteiger partial charge in [-0.3, -0.25) is 18.3 Å². The van der Waals surface area contributed by atoms with Crippen LogP contribution in [0.3, 0.4) is 0 Å². The normalized spacial score (nSPS) is 24.5. The van der Waals surface area contributed by atoms with Crippen molar-refractivity contribution in [2.24, 2.45) is 11.5 Å². The van der Waals surface area contributed by atoms with Gasteiger partial charge in [-0.1, -0.05) is 0 Å². The molecule has 16 nitrogen and oxygen atoms in total. The summed E-state index contributed by atoms with van der Waals surface area (Å²) >= 11 is 0. The van der Waals surface area contributed by atoms with Crippen LogP contribution in [0.25, 0.3) is 11.2 Å². The van der Waals surface area contributed by atoms with E-state index in [9.17, 15) is 28.2 Å². The lowest BCUT2D eigenvalue weighted by Gasteiger charge is -2.16. The number of rotatable bonds is 9. The van der Waals surface area contributed by atoms with Gasteiger partial charge in [-0.15, -0.1) is 0 Å². The quantitative estimate of drug-likeness (QED) is 0.203. The number of fused-ring (bicyclic) bond motifs is 1. The Morgan fingerprint density at radius 2 is 2.00 bits per heavy atom. The number of hydrogen-bond acceptors (Lipinski definition) is 13. The zero-order valence-electron chi connectivity index (χ0n) is 16.4. The van der Waals surface area contributed by atoms with Crippen molar-refractivity contribution >= 4 is 39.1 Å². The summed E-state index contributed by atoms with van der Waals surface area (Å²) in [7, 11) is -4.63. The minimum Gasteiger partial charge on any atom is -0.387 e. The first-order valence-corrected chi connectivity index (χ1v) is 10.6. The van der Waals surface area contributed by atoms with E-state index >= 15 is 0 Å². The van der Waals surface area contributed by atoms with Crippen molar-refractivity contribution < 1.29 is 37.1 Å². The molecule has 0 aliphatic carbocycles. The van der Waals surface area contributed by atoms with Crippen LogP contribution < -0.4 is 21.9 Å². The average molecular weight is 474 g/mol. The second-order valence-corrected chi connectivity index (χ2v) is 8.29. The maximum Gasteiger partial charge on any atom is 0.362 e. The summed E-state index contributed by atoms with van der Waals surface area (Å²) in [6.07, 6.45) is -3.43. The Labute approximate surface area is 181 Å². The van der Waals surface area contributed by atoms with Gasteiger partial charge in [0.25, 0.3) is 5.91 Å². The van der Waals surface area contributed by atoms with Gasteiger partial charge in [-0.05, 0) is 6.42 Å². The number of nitrogen functional groups attached to an aromatic ring is 1. The highest BCUT2D eigenvalue weighted by atomic mass is 32.2. The third-order valence-electron chi connectivity index (χ3n) is 4.65. The molecule has 1 aliphatic rings. The molecule has 32 heavy (non-hydrogen) atoms. The van der Waals surface area contributed by atoms with E-state index in [0.717, 1.165) is 0 Å². The van der Waals surface area contributed by atoms with Gasteiger partial charge >= 0.3 is 10.3 Å². The molecule has 0 aromatic carbocycles. The van der Waals surface area contributed by atoms with Gasteiger partial charge in [-0.25, -0.2) is 19.7 Å². The first-order chi connectivity index (χ1) is 15.0. The number of anilines is 1. The second kappa shape index (κ2) is 9.27. The molecule has 0 radical (unpaired) electrons. The zero-order chi connectivity index (χ0) is 23.6. The molecule has 2 aromatic rings. The van der Waals surface area contributed by atoms with Crippen molar-refractivity contribution in [2.75, 3.05) is 12.3 Å². The van der Waals surface area contributed by atoms with Crippen LogP contribution in [0.5, 0.6) is 0 Å². The summed E-state index contributed by atoms with van der Waals surface area (Å²) in [6, 6.07) is -1.32. The molecule has 0 saturated carbocycles. The number of nitrogens with zero attached hydrogens (tertiary/aromatic N) is 4. The largest absolute Gasteiger partial charge is 0.387 e. The van der Waals surface area contributed by atoms with Gasteiger partial charge in [-0.2, -0.15) is 8.42 Å².